The Hall–Kier alpha value is -2.04. The lowest BCUT2D eigenvalue weighted by Gasteiger charge is -2.34. The molecule has 0 saturated carbocycles. The van der Waals surface area contributed by atoms with Crippen LogP contribution in [0.3, 0.4) is 0 Å². The van der Waals surface area contributed by atoms with Crippen LogP contribution < -0.4 is 4.74 Å². The van der Waals surface area contributed by atoms with Gasteiger partial charge in [-0.3, -0.25) is 9.59 Å². The number of carbonyl (C=O) groups excluding carboxylic acids is 1. The molecule has 1 rings (SSSR count). The highest BCUT2D eigenvalue weighted by molar-refractivity contribution is 5.96. The molecule has 0 fully saturated rings. The van der Waals surface area contributed by atoms with E-state index in [9.17, 15) is 9.59 Å². The molecule has 1 N–H and O–H groups in total. The number of nitrogens with zero attached hydrogens (tertiary/aromatic N) is 1. The van der Waals surface area contributed by atoms with E-state index in [-0.39, 0.29) is 12.5 Å². The molecule has 5 nitrogen and oxygen atoms in total. The van der Waals surface area contributed by atoms with Gasteiger partial charge in [0.05, 0.1) is 6.61 Å². The highest BCUT2D eigenvalue weighted by Crippen LogP contribution is 2.19. The SMILES string of the molecule is CCOc1ccc(C(=O)N(CC(=O)O)C(C)(C)C)cc1. The van der Waals surface area contributed by atoms with E-state index in [2.05, 4.69) is 0 Å². The molecule has 0 aromatic heterocycles. The van der Waals surface area contributed by atoms with Gasteiger partial charge in [-0.15, -0.1) is 0 Å². The van der Waals surface area contributed by atoms with Gasteiger partial charge in [-0.1, -0.05) is 0 Å². The molecule has 1 amide bonds. The topological polar surface area (TPSA) is 66.8 Å². The minimum atomic E-state index is -1.03. The summed E-state index contributed by atoms with van der Waals surface area (Å²) in [5.74, 6) is -0.647. The van der Waals surface area contributed by atoms with Crippen molar-refractivity contribution in [2.45, 2.75) is 33.2 Å². The first-order valence-electron chi connectivity index (χ1n) is 6.52. The monoisotopic (exact) mass is 279 g/mol. The van der Waals surface area contributed by atoms with Gasteiger partial charge in [0.1, 0.15) is 12.3 Å². The first kappa shape index (κ1) is 16.0. The summed E-state index contributed by atoms with van der Waals surface area (Å²) in [4.78, 5) is 24.7. The number of aliphatic carboxylic acids is 1. The fourth-order valence-corrected chi connectivity index (χ4v) is 1.77. The number of ether oxygens (including phenoxy) is 1. The van der Waals surface area contributed by atoms with E-state index in [0.29, 0.717) is 17.9 Å². The van der Waals surface area contributed by atoms with Crippen molar-refractivity contribution in [3.63, 3.8) is 0 Å². The van der Waals surface area contributed by atoms with Crippen LogP contribution in [0.1, 0.15) is 38.1 Å². The lowest BCUT2D eigenvalue weighted by Crippen LogP contribution is -2.48. The maximum Gasteiger partial charge on any atom is 0.323 e. The number of rotatable bonds is 5. The molecule has 0 aliphatic heterocycles. The third kappa shape index (κ3) is 4.26. The molecule has 5 heteroatoms. The van der Waals surface area contributed by atoms with Crippen LogP contribution in [0.2, 0.25) is 0 Å². The van der Waals surface area contributed by atoms with Crippen LogP contribution in [-0.4, -0.2) is 40.6 Å². The zero-order valence-corrected chi connectivity index (χ0v) is 12.3. The Morgan fingerprint density at radius 3 is 2.15 bits per heavy atom. The molecule has 1 aromatic carbocycles. The molecule has 0 aliphatic rings. The molecule has 0 unspecified atom stereocenters. The molecule has 0 bridgehead atoms. The summed E-state index contributed by atoms with van der Waals surface area (Å²) in [6.45, 7) is 7.54. The van der Waals surface area contributed by atoms with Gasteiger partial charge in [0.2, 0.25) is 0 Å². The number of benzene rings is 1. The van der Waals surface area contributed by atoms with Gasteiger partial charge in [0, 0.05) is 11.1 Å². The van der Waals surface area contributed by atoms with Crippen molar-refractivity contribution in [3.05, 3.63) is 29.8 Å². The summed E-state index contributed by atoms with van der Waals surface area (Å²) in [6, 6.07) is 6.71. The van der Waals surface area contributed by atoms with E-state index in [1.807, 2.05) is 27.7 Å². The zero-order valence-electron chi connectivity index (χ0n) is 12.3. The number of carboxylic acids is 1. The van der Waals surface area contributed by atoms with Crippen LogP contribution in [0.25, 0.3) is 0 Å². The third-order valence-corrected chi connectivity index (χ3v) is 2.76. The van der Waals surface area contributed by atoms with Crippen molar-refractivity contribution in [1.29, 1.82) is 0 Å². The van der Waals surface area contributed by atoms with E-state index in [0.717, 1.165) is 0 Å². The van der Waals surface area contributed by atoms with Crippen molar-refractivity contribution in [3.8, 4) is 5.75 Å². The van der Waals surface area contributed by atoms with Gasteiger partial charge < -0.3 is 14.7 Å². The molecule has 110 valence electrons. The Balaban J connectivity index is 2.97. The number of amides is 1. The van der Waals surface area contributed by atoms with E-state index in [4.69, 9.17) is 9.84 Å². The summed E-state index contributed by atoms with van der Waals surface area (Å²) in [7, 11) is 0. The Morgan fingerprint density at radius 2 is 1.75 bits per heavy atom. The number of hydrogen-bond acceptors (Lipinski definition) is 3. The maximum atomic E-state index is 12.4. The number of carboxylic acid groups (broad SMARTS) is 1. The summed E-state index contributed by atoms with van der Waals surface area (Å²) >= 11 is 0. The molecule has 0 heterocycles. The molecular formula is C15H21NO4. The summed E-state index contributed by atoms with van der Waals surface area (Å²) in [5.41, 5.74) is -0.113. The second kappa shape index (κ2) is 6.41. The molecule has 0 aliphatic carbocycles. The van der Waals surface area contributed by atoms with Crippen LogP contribution in [0, 0.1) is 0 Å². The smallest absolute Gasteiger partial charge is 0.323 e. The van der Waals surface area contributed by atoms with Gasteiger partial charge in [-0.05, 0) is 52.0 Å². The van der Waals surface area contributed by atoms with Crippen molar-refractivity contribution < 1.29 is 19.4 Å². The van der Waals surface area contributed by atoms with E-state index in [1.54, 1.807) is 24.3 Å². The summed E-state index contributed by atoms with van der Waals surface area (Å²) < 4.78 is 5.31. The number of hydrogen-bond donors (Lipinski definition) is 1. The predicted octanol–water partition coefficient (Wildman–Crippen LogP) is 2.41. The Bertz CT molecular complexity index is 474. The van der Waals surface area contributed by atoms with Gasteiger partial charge in [0.25, 0.3) is 5.91 Å². The molecular weight excluding hydrogens is 258 g/mol. The van der Waals surface area contributed by atoms with E-state index in [1.165, 1.54) is 4.90 Å². The Kier molecular flexibility index (Phi) is 5.13. The van der Waals surface area contributed by atoms with Gasteiger partial charge >= 0.3 is 5.97 Å². The van der Waals surface area contributed by atoms with E-state index >= 15 is 0 Å². The highest BCUT2D eigenvalue weighted by Gasteiger charge is 2.29. The second-order valence-electron chi connectivity index (χ2n) is 5.41. The largest absolute Gasteiger partial charge is 0.494 e. The van der Waals surface area contributed by atoms with Gasteiger partial charge in [0.15, 0.2) is 0 Å². The van der Waals surface area contributed by atoms with Crippen LogP contribution in [0.4, 0.5) is 0 Å². The second-order valence-corrected chi connectivity index (χ2v) is 5.41. The highest BCUT2D eigenvalue weighted by atomic mass is 16.5. The summed E-state index contributed by atoms with van der Waals surface area (Å²) in [5, 5.41) is 8.94. The van der Waals surface area contributed by atoms with Crippen molar-refractivity contribution in [2.75, 3.05) is 13.2 Å². The van der Waals surface area contributed by atoms with Crippen LogP contribution in [0.15, 0.2) is 24.3 Å². The quantitative estimate of drug-likeness (QED) is 0.898. The molecule has 0 saturated heterocycles. The van der Waals surface area contributed by atoms with Gasteiger partial charge in [-0.25, -0.2) is 0 Å². The normalized spacial score (nSPS) is 11.0. The lowest BCUT2D eigenvalue weighted by atomic mass is 10.0. The minimum absolute atomic E-state index is 0.303. The third-order valence-electron chi connectivity index (χ3n) is 2.76. The predicted molar refractivity (Wildman–Crippen MR) is 76.0 cm³/mol. The Morgan fingerprint density at radius 1 is 1.20 bits per heavy atom. The maximum absolute atomic E-state index is 12.4. The average molecular weight is 279 g/mol. The fraction of sp³-hybridized carbons (Fsp3) is 0.467. The Labute approximate surface area is 119 Å². The first-order chi connectivity index (χ1) is 9.25. The zero-order chi connectivity index (χ0) is 15.3. The van der Waals surface area contributed by atoms with E-state index < -0.39 is 11.5 Å². The van der Waals surface area contributed by atoms with Crippen LogP contribution in [0.5, 0.6) is 5.75 Å². The minimum Gasteiger partial charge on any atom is -0.494 e. The van der Waals surface area contributed by atoms with Crippen molar-refractivity contribution >= 4 is 11.9 Å². The van der Waals surface area contributed by atoms with Crippen LogP contribution >= 0.6 is 0 Å². The van der Waals surface area contributed by atoms with Crippen molar-refractivity contribution in [2.24, 2.45) is 0 Å². The van der Waals surface area contributed by atoms with Gasteiger partial charge in [-0.2, -0.15) is 0 Å². The molecule has 0 radical (unpaired) electrons. The lowest BCUT2D eigenvalue weighted by molar-refractivity contribution is -0.138. The average Bonchev–Trinajstić information content (AvgIpc) is 2.35. The molecule has 0 atom stereocenters. The van der Waals surface area contributed by atoms with Crippen molar-refractivity contribution in [1.82, 2.24) is 4.90 Å². The first-order valence-corrected chi connectivity index (χ1v) is 6.52. The summed E-state index contributed by atoms with van der Waals surface area (Å²) in [6.07, 6.45) is 0. The molecule has 0 spiro atoms. The number of carbonyl (C=O) groups is 2. The standard InChI is InChI=1S/C15H21NO4/c1-5-20-12-8-6-11(7-9-12)14(19)16(10-13(17)18)15(2,3)4/h6-9H,5,10H2,1-4H3,(H,17,18). The fourth-order valence-electron chi connectivity index (χ4n) is 1.77. The molecule has 1 aromatic rings. The van der Waals surface area contributed by atoms with Crippen LogP contribution in [-0.2, 0) is 4.79 Å². The molecule has 20 heavy (non-hydrogen) atoms.